The van der Waals surface area contributed by atoms with Gasteiger partial charge in [0.2, 0.25) is 5.95 Å². The van der Waals surface area contributed by atoms with Crippen molar-refractivity contribution in [3.05, 3.63) is 48.5 Å². The predicted molar refractivity (Wildman–Crippen MR) is 121 cm³/mol. The highest BCUT2D eigenvalue weighted by atomic mass is 19.1. The maximum Gasteiger partial charge on any atom is 0.225 e. The van der Waals surface area contributed by atoms with Gasteiger partial charge in [-0.2, -0.15) is 0 Å². The van der Waals surface area contributed by atoms with Crippen LogP contribution in [0.1, 0.15) is 13.8 Å². The minimum Gasteiger partial charge on any atom is -0.486 e. The fourth-order valence-corrected chi connectivity index (χ4v) is 3.31. The van der Waals surface area contributed by atoms with E-state index in [0.29, 0.717) is 6.54 Å². The summed E-state index contributed by atoms with van der Waals surface area (Å²) in [6.07, 6.45) is 3.32. The molecule has 1 aromatic carbocycles. The van der Waals surface area contributed by atoms with Crippen molar-refractivity contribution in [2.24, 2.45) is 4.99 Å². The quantitative estimate of drug-likeness (QED) is 0.465. The van der Waals surface area contributed by atoms with Crippen molar-refractivity contribution < 1.29 is 9.13 Å². The van der Waals surface area contributed by atoms with Crippen LogP contribution in [0.4, 0.5) is 10.3 Å². The number of aromatic nitrogens is 2. The fraction of sp³-hybridized carbons (Fsp3) is 0.500. The van der Waals surface area contributed by atoms with Gasteiger partial charge in [0.1, 0.15) is 6.10 Å². The number of benzene rings is 1. The molecule has 0 amide bonds. The van der Waals surface area contributed by atoms with Crippen LogP contribution in [-0.4, -0.2) is 79.3 Å². The normalized spacial score (nSPS) is 16.1. The van der Waals surface area contributed by atoms with Gasteiger partial charge in [0.15, 0.2) is 17.5 Å². The molecule has 2 N–H and O–H groups in total. The molecule has 0 saturated carbocycles. The van der Waals surface area contributed by atoms with Crippen molar-refractivity contribution >= 4 is 11.9 Å². The molecule has 0 spiro atoms. The number of anilines is 1. The van der Waals surface area contributed by atoms with Gasteiger partial charge in [0.25, 0.3) is 0 Å². The molecule has 2 aromatic rings. The van der Waals surface area contributed by atoms with Gasteiger partial charge in [-0.3, -0.25) is 4.90 Å². The zero-order valence-electron chi connectivity index (χ0n) is 18.3. The summed E-state index contributed by atoms with van der Waals surface area (Å²) in [5, 5.41) is 6.62. The third-order valence-electron chi connectivity index (χ3n) is 4.94. The lowest BCUT2D eigenvalue weighted by atomic mass is 10.3. The first-order valence-corrected chi connectivity index (χ1v) is 10.8. The van der Waals surface area contributed by atoms with Gasteiger partial charge in [-0.05, 0) is 32.0 Å². The summed E-state index contributed by atoms with van der Waals surface area (Å²) in [5.41, 5.74) is 0. The number of nitrogens with zero attached hydrogens (tertiary/aromatic N) is 5. The van der Waals surface area contributed by atoms with E-state index >= 15 is 0 Å². The van der Waals surface area contributed by atoms with E-state index in [2.05, 4.69) is 35.4 Å². The first kappa shape index (κ1) is 22.7. The summed E-state index contributed by atoms with van der Waals surface area (Å²) in [6, 6.07) is 8.26. The van der Waals surface area contributed by atoms with Crippen LogP contribution < -0.4 is 20.3 Å². The zero-order chi connectivity index (χ0) is 21.9. The van der Waals surface area contributed by atoms with Gasteiger partial charge in [-0.25, -0.2) is 19.4 Å². The van der Waals surface area contributed by atoms with Crippen LogP contribution in [0, 0.1) is 5.82 Å². The first-order valence-electron chi connectivity index (χ1n) is 10.8. The second-order valence-electron chi connectivity index (χ2n) is 7.38. The van der Waals surface area contributed by atoms with Crippen molar-refractivity contribution in [3.63, 3.8) is 0 Å². The van der Waals surface area contributed by atoms with Crippen molar-refractivity contribution in [1.29, 1.82) is 0 Å². The minimum absolute atomic E-state index is 0.236. The van der Waals surface area contributed by atoms with Gasteiger partial charge in [0, 0.05) is 58.2 Å². The van der Waals surface area contributed by atoms with Crippen LogP contribution >= 0.6 is 0 Å². The van der Waals surface area contributed by atoms with Crippen molar-refractivity contribution in [1.82, 2.24) is 25.5 Å². The molecule has 0 bridgehead atoms. The Balaban J connectivity index is 1.39. The van der Waals surface area contributed by atoms with Crippen LogP contribution in [0.2, 0.25) is 0 Å². The molecule has 1 fully saturated rings. The molecule has 1 aliphatic rings. The summed E-state index contributed by atoms with van der Waals surface area (Å²) >= 11 is 0. The highest BCUT2D eigenvalue weighted by molar-refractivity contribution is 5.79. The van der Waals surface area contributed by atoms with Crippen LogP contribution in [-0.2, 0) is 0 Å². The van der Waals surface area contributed by atoms with E-state index in [1.54, 1.807) is 30.6 Å². The summed E-state index contributed by atoms with van der Waals surface area (Å²) < 4.78 is 19.4. The van der Waals surface area contributed by atoms with E-state index in [4.69, 9.17) is 4.74 Å². The van der Waals surface area contributed by atoms with E-state index in [0.717, 1.165) is 57.7 Å². The molecule has 0 aliphatic carbocycles. The molecule has 1 aromatic heterocycles. The third kappa shape index (κ3) is 7.36. The number of rotatable bonds is 9. The second kappa shape index (κ2) is 12.0. The smallest absolute Gasteiger partial charge is 0.225 e. The molecule has 2 heterocycles. The highest BCUT2D eigenvalue weighted by Crippen LogP contribution is 2.17. The zero-order valence-corrected chi connectivity index (χ0v) is 18.3. The highest BCUT2D eigenvalue weighted by Gasteiger charge is 2.18. The Morgan fingerprint density at radius 1 is 1.13 bits per heavy atom. The molecule has 1 unspecified atom stereocenters. The summed E-state index contributed by atoms with van der Waals surface area (Å²) in [5.74, 6) is 1.43. The topological polar surface area (TPSA) is 77.9 Å². The minimum atomic E-state index is -0.359. The summed E-state index contributed by atoms with van der Waals surface area (Å²) in [7, 11) is 0. The monoisotopic (exact) mass is 429 g/mol. The maximum atomic E-state index is 13.7. The van der Waals surface area contributed by atoms with Crippen molar-refractivity contribution in [3.8, 4) is 5.75 Å². The first-order chi connectivity index (χ1) is 15.2. The Morgan fingerprint density at radius 2 is 1.87 bits per heavy atom. The molecule has 8 nitrogen and oxygen atoms in total. The van der Waals surface area contributed by atoms with Gasteiger partial charge in [0.05, 0.1) is 6.54 Å². The van der Waals surface area contributed by atoms with Gasteiger partial charge in [-0.1, -0.05) is 12.1 Å². The number of nitrogens with one attached hydrogen (secondary N) is 2. The number of hydrogen-bond acceptors (Lipinski definition) is 6. The van der Waals surface area contributed by atoms with E-state index in [1.165, 1.54) is 6.07 Å². The summed E-state index contributed by atoms with van der Waals surface area (Å²) in [6.45, 7) is 10.6. The van der Waals surface area contributed by atoms with Crippen LogP contribution in [0.15, 0.2) is 47.7 Å². The molecule has 3 rings (SSSR count). The Kier molecular flexibility index (Phi) is 8.84. The number of para-hydroxylation sites is 1. The van der Waals surface area contributed by atoms with E-state index < -0.39 is 0 Å². The second-order valence-corrected chi connectivity index (χ2v) is 7.38. The number of hydrogen-bond donors (Lipinski definition) is 2. The largest absolute Gasteiger partial charge is 0.486 e. The number of halogens is 1. The average molecular weight is 430 g/mol. The molecule has 9 heteroatoms. The van der Waals surface area contributed by atoms with Crippen LogP contribution in [0.3, 0.4) is 0 Å². The molecule has 0 radical (unpaired) electrons. The SMILES string of the molecule is CCNC(=NCC(C)Oc1ccccc1F)NCCN1CCN(c2ncccn2)CC1. The Bertz CT molecular complexity index is 813. The molecule has 1 aliphatic heterocycles. The van der Waals surface area contributed by atoms with Gasteiger partial charge < -0.3 is 20.3 Å². The Labute approximate surface area is 183 Å². The van der Waals surface area contributed by atoms with Crippen molar-refractivity contribution in [2.45, 2.75) is 20.0 Å². The molecule has 1 atom stereocenters. The Hall–Kier alpha value is -2.94. The van der Waals surface area contributed by atoms with E-state index in [1.807, 2.05) is 19.9 Å². The van der Waals surface area contributed by atoms with E-state index in [9.17, 15) is 4.39 Å². The molecule has 168 valence electrons. The molecular weight excluding hydrogens is 397 g/mol. The number of guanidine groups is 1. The lowest BCUT2D eigenvalue weighted by molar-refractivity contribution is 0.220. The van der Waals surface area contributed by atoms with Crippen molar-refractivity contribution in [2.75, 3.05) is 57.3 Å². The molecular formula is C22H32FN7O. The Morgan fingerprint density at radius 3 is 2.58 bits per heavy atom. The fourth-order valence-electron chi connectivity index (χ4n) is 3.31. The lowest BCUT2D eigenvalue weighted by Gasteiger charge is -2.34. The summed E-state index contributed by atoms with van der Waals surface area (Å²) in [4.78, 5) is 17.9. The van der Waals surface area contributed by atoms with Crippen LogP contribution in [0.5, 0.6) is 5.75 Å². The third-order valence-corrected chi connectivity index (χ3v) is 4.94. The lowest BCUT2D eigenvalue weighted by Crippen LogP contribution is -2.49. The average Bonchev–Trinajstić information content (AvgIpc) is 2.80. The predicted octanol–water partition coefficient (Wildman–Crippen LogP) is 1.76. The number of ether oxygens (including phenoxy) is 1. The maximum absolute atomic E-state index is 13.7. The number of piperazine rings is 1. The number of aliphatic imine (C=N–C) groups is 1. The van der Waals surface area contributed by atoms with Gasteiger partial charge in [-0.15, -0.1) is 0 Å². The standard InChI is InChI=1S/C22H32FN7O/c1-3-24-21(28-17-18(2)31-20-8-5-4-7-19(20)23)25-11-12-29-13-15-30(16-14-29)22-26-9-6-10-27-22/h4-10,18H,3,11-17H2,1-2H3,(H2,24,25,28). The van der Waals surface area contributed by atoms with Crippen LogP contribution in [0.25, 0.3) is 0 Å². The molecule has 31 heavy (non-hydrogen) atoms. The van der Waals surface area contributed by atoms with Gasteiger partial charge >= 0.3 is 0 Å². The van der Waals surface area contributed by atoms with E-state index in [-0.39, 0.29) is 17.7 Å². The molecule has 1 saturated heterocycles.